The molecule has 0 aliphatic carbocycles. The van der Waals surface area contributed by atoms with E-state index < -0.39 is 0 Å². The molecule has 1 radical (unpaired) electrons. The Hall–Kier alpha value is -2.46. The Kier molecular flexibility index (Phi) is 6.61. The average Bonchev–Trinajstić information content (AvgIpc) is 2.50. The molecule has 0 unspecified atom stereocenters. The van der Waals surface area contributed by atoms with Crippen LogP contribution in [0, 0.1) is 0 Å². The summed E-state index contributed by atoms with van der Waals surface area (Å²) < 4.78 is 0. The summed E-state index contributed by atoms with van der Waals surface area (Å²) in [6, 6.07) is 17.9. The minimum atomic E-state index is -0.298. The summed E-state index contributed by atoms with van der Waals surface area (Å²) in [7, 11) is 0. The zero-order valence-corrected chi connectivity index (χ0v) is 10.3. The van der Waals surface area contributed by atoms with Gasteiger partial charge in [-0.2, -0.15) is 0 Å². The van der Waals surface area contributed by atoms with Crippen molar-refractivity contribution in [3.05, 3.63) is 71.8 Å². The Morgan fingerprint density at radius 3 is 1.95 bits per heavy atom. The minimum absolute atomic E-state index is 0.110. The quantitative estimate of drug-likeness (QED) is 0.397. The standard InChI is InChI=1S/C8H7NO2.C7H7O/c10-8(6-9-11)7-4-2-1-3-5-7;8-6-7-4-2-1-3-5-7/h1-6,11H;1-5H,6H2. The maximum Gasteiger partial charge on any atom is 0.207 e. The Morgan fingerprint density at radius 1 is 1.00 bits per heavy atom. The summed E-state index contributed by atoms with van der Waals surface area (Å²) in [5.74, 6) is -0.298. The first-order valence-electron chi connectivity index (χ1n) is 5.66. The molecular formula is C15H14NO3. The van der Waals surface area contributed by atoms with Crippen molar-refractivity contribution in [2.75, 3.05) is 0 Å². The number of Topliss-reactive ketones (excluding diaryl/α,β-unsaturated/α-hetero) is 1. The number of rotatable bonds is 3. The molecule has 0 spiro atoms. The molecule has 2 aromatic carbocycles. The zero-order valence-electron chi connectivity index (χ0n) is 10.3. The average molecular weight is 256 g/mol. The van der Waals surface area contributed by atoms with Gasteiger partial charge in [-0.3, -0.25) is 4.79 Å². The van der Waals surface area contributed by atoms with Crippen LogP contribution in [0.15, 0.2) is 65.8 Å². The van der Waals surface area contributed by atoms with Gasteiger partial charge in [-0.05, 0) is 5.56 Å². The number of nitrogens with zero attached hydrogens (tertiary/aromatic N) is 1. The van der Waals surface area contributed by atoms with E-state index in [1.807, 2.05) is 36.4 Å². The van der Waals surface area contributed by atoms with E-state index in [0.717, 1.165) is 11.8 Å². The minimum Gasteiger partial charge on any atom is -0.411 e. The molecule has 0 atom stereocenters. The van der Waals surface area contributed by atoms with Crippen LogP contribution in [-0.2, 0) is 11.7 Å². The summed E-state index contributed by atoms with van der Waals surface area (Å²) in [6.45, 7) is -0.110. The second-order valence-corrected chi connectivity index (χ2v) is 3.60. The normalized spacial score (nSPS) is 9.74. The molecule has 4 nitrogen and oxygen atoms in total. The van der Waals surface area contributed by atoms with Crippen molar-refractivity contribution >= 4 is 12.0 Å². The largest absolute Gasteiger partial charge is 0.411 e. The lowest BCUT2D eigenvalue weighted by molar-refractivity contribution is 0.106. The van der Waals surface area contributed by atoms with Crippen molar-refractivity contribution in [3.8, 4) is 0 Å². The summed E-state index contributed by atoms with van der Waals surface area (Å²) in [6.07, 6.45) is 0.870. The van der Waals surface area contributed by atoms with Gasteiger partial charge in [-0.15, -0.1) is 0 Å². The molecule has 0 amide bonds. The van der Waals surface area contributed by atoms with Gasteiger partial charge >= 0.3 is 0 Å². The van der Waals surface area contributed by atoms with E-state index in [-0.39, 0.29) is 12.4 Å². The predicted molar refractivity (Wildman–Crippen MR) is 71.9 cm³/mol. The van der Waals surface area contributed by atoms with Crippen molar-refractivity contribution < 1.29 is 15.1 Å². The van der Waals surface area contributed by atoms with Crippen LogP contribution in [0.5, 0.6) is 0 Å². The van der Waals surface area contributed by atoms with Crippen molar-refractivity contribution in [2.45, 2.75) is 6.61 Å². The number of benzene rings is 2. The molecule has 2 rings (SSSR count). The molecule has 1 N–H and O–H groups in total. The van der Waals surface area contributed by atoms with Crippen LogP contribution in [0.4, 0.5) is 0 Å². The second kappa shape index (κ2) is 8.60. The Bertz CT molecular complexity index is 509. The SMILES string of the molecule is O=C(C=NO)c1ccccc1.[O]Cc1ccccc1. The molecule has 0 saturated carbocycles. The summed E-state index contributed by atoms with van der Waals surface area (Å²) in [4.78, 5) is 10.9. The fourth-order valence-corrected chi connectivity index (χ4v) is 1.30. The van der Waals surface area contributed by atoms with Gasteiger partial charge in [0, 0.05) is 5.56 Å². The van der Waals surface area contributed by atoms with Gasteiger partial charge in [-0.25, -0.2) is 5.11 Å². The number of hydrogen-bond donors (Lipinski definition) is 1. The van der Waals surface area contributed by atoms with Crippen molar-refractivity contribution in [1.82, 2.24) is 0 Å². The lowest BCUT2D eigenvalue weighted by Crippen LogP contribution is -1.98. The maximum absolute atomic E-state index is 10.9. The van der Waals surface area contributed by atoms with Crippen LogP contribution in [0.25, 0.3) is 0 Å². The van der Waals surface area contributed by atoms with Crippen LogP contribution >= 0.6 is 0 Å². The number of hydrogen-bond acceptors (Lipinski definition) is 3. The lowest BCUT2D eigenvalue weighted by Gasteiger charge is -1.90. The smallest absolute Gasteiger partial charge is 0.207 e. The first kappa shape index (κ1) is 14.6. The van der Waals surface area contributed by atoms with Crippen LogP contribution in [-0.4, -0.2) is 17.2 Å². The van der Waals surface area contributed by atoms with Gasteiger partial charge in [0.25, 0.3) is 0 Å². The molecule has 19 heavy (non-hydrogen) atoms. The topological polar surface area (TPSA) is 69.6 Å². The van der Waals surface area contributed by atoms with Gasteiger partial charge in [0.2, 0.25) is 5.78 Å². The van der Waals surface area contributed by atoms with E-state index in [1.54, 1.807) is 24.3 Å². The van der Waals surface area contributed by atoms with E-state index >= 15 is 0 Å². The second-order valence-electron chi connectivity index (χ2n) is 3.60. The molecule has 0 fully saturated rings. The van der Waals surface area contributed by atoms with Gasteiger partial charge < -0.3 is 5.21 Å². The monoisotopic (exact) mass is 256 g/mol. The lowest BCUT2D eigenvalue weighted by atomic mass is 10.1. The molecule has 0 heterocycles. The number of carbonyl (C=O) groups is 1. The fourth-order valence-electron chi connectivity index (χ4n) is 1.30. The Labute approximate surface area is 111 Å². The van der Waals surface area contributed by atoms with E-state index in [0.29, 0.717) is 5.56 Å². The molecule has 0 aliphatic heterocycles. The van der Waals surface area contributed by atoms with E-state index in [1.165, 1.54) is 0 Å². The molecule has 2 aromatic rings. The highest BCUT2D eigenvalue weighted by molar-refractivity contribution is 6.35. The molecule has 97 valence electrons. The molecule has 0 aromatic heterocycles. The Balaban J connectivity index is 0.000000200. The van der Waals surface area contributed by atoms with Gasteiger partial charge in [-0.1, -0.05) is 65.8 Å². The van der Waals surface area contributed by atoms with Crippen LogP contribution in [0.3, 0.4) is 0 Å². The first-order chi connectivity index (χ1) is 9.27. The third-order valence-electron chi connectivity index (χ3n) is 2.24. The number of oxime groups is 1. The van der Waals surface area contributed by atoms with E-state index in [9.17, 15) is 9.90 Å². The van der Waals surface area contributed by atoms with Crippen LogP contribution in [0.1, 0.15) is 15.9 Å². The van der Waals surface area contributed by atoms with Crippen molar-refractivity contribution in [2.24, 2.45) is 5.16 Å². The fraction of sp³-hybridized carbons (Fsp3) is 0.0667. The highest BCUT2D eigenvalue weighted by Crippen LogP contribution is 1.97. The molecule has 4 heteroatoms. The predicted octanol–water partition coefficient (Wildman–Crippen LogP) is 2.95. The molecule has 0 bridgehead atoms. The third kappa shape index (κ3) is 5.61. The van der Waals surface area contributed by atoms with Crippen molar-refractivity contribution in [1.29, 1.82) is 0 Å². The highest BCUT2D eigenvalue weighted by atomic mass is 16.4. The first-order valence-corrected chi connectivity index (χ1v) is 5.66. The van der Waals surface area contributed by atoms with Gasteiger partial charge in [0.15, 0.2) is 0 Å². The third-order valence-corrected chi connectivity index (χ3v) is 2.24. The zero-order chi connectivity index (χ0) is 13.9. The molecule has 0 aliphatic rings. The molecule has 0 saturated heterocycles. The van der Waals surface area contributed by atoms with Crippen LogP contribution < -0.4 is 0 Å². The maximum atomic E-state index is 10.9. The van der Waals surface area contributed by atoms with E-state index in [4.69, 9.17) is 5.21 Å². The van der Waals surface area contributed by atoms with Crippen LogP contribution in [0.2, 0.25) is 0 Å². The number of ketones is 1. The van der Waals surface area contributed by atoms with E-state index in [2.05, 4.69) is 5.16 Å². The molecular weight excluding hydrogens is 242 g/mol. The highest BCUT2D eigenvalue weighted by Gasteiger charge is 1.98. The van der Waals surface area contributed by atoms with Gasteiger partial charge in [0.05, 0.1) is 0 Å². The number of carbonyl (C=O) groups excluding carboxylic acids is 1. The van der Waals surface area contributed by atoms with Crippen molar-refractivity contribution in [3.63, 3.8) is 0 Å². The Morgan fingerprint density at radius 2 is 1.53 bits per heavy atom. The summed E-state index contributed by atoms with van der Waals surface area (Å²) >= 11 is 0. The summed E-state index contributed by atoms with van der Waals surface area (Å²) in [5, 5.41) is 20.8. The summed E-state index contributed by atoms with van der Waals surface area (Å²) in [5.41, 5.74) is 1.37. The van der Waals surface area contributed by atoms with Gasteiger partial charge in [0.1, 0.15) is 12.8 Å².